The number of fused-ring (bicyclic) bond motifs is 2. The molecule has 2 aromatic rings. The molecule has 0 N–H and O–H groups in total. The second kappa shape index (κ2) is 8.20. The van der Waals surface area contributed by atoms with Crippen LogP contribution in [0.3, 0.4) is 0 Å². The Bertz CT molecular complexity index is 1250. The van der Waals surface area contributed by atoms with Gasteiger partial charge >= 0.3 is 0 Å². The van der Waals surface area contributed by atoms with Crippen molar-refractivity contribution in [2.24, 2.45) is 5.41 Å². The molecule has 1 amide bonds. The number of amides is 1. The molecule has 35 heavy (non-hydrogen) atoms. The zero-order valence-electron chi connectivity index (χ0n) is 19.8. The van der Waals surface area contributed by atoms with Crippen LogP contribution in [0.2, 0.25) is 0 Å². The SMILES string of the molecule is N#Cc1ccnc(N2CC3(CCC3)c3c(N4CCCN(C(=O)C5(C#N)CCC5)CC4)ncnc32)c1. The Labute approximate surface area is 205 Å². The van der Waals surface area contributed by atoms with Crippen LogP contribution in [0.15, 0.2) is 24.7 Å². The minimum Gasteiger partial charge on any atom is -0.354 e. The Kier molecular flexibility index (Phi) is 5.10. The number of pyridine rings is 1. The van der Waals surface area contributed by atoms with Gasteiger partial charge in [-0.1, -0.05) is 6.42 Å². The van der Waals surface area contributed by atoms with E-state index in [1.807, 2.05) is 11.0 Å². The smallest absolute Gasteiger partial charge is 0.243 e. The van der Waals surface area contributed by atoms with Crippen molar-refractivity contribution in [2.75, 3.05) is 42.5 Å². The van der Waals surface area contributed by atoms with E-state index in [4.69, 9.17) is 9.97 Å². The Morgan fingerprint density at radius 2 is 1.74 bits per heavy atom. The monoisotopic (exact) mass is 468 g/mol. The fraction of sp³-hybridized carbons (Fsp3) is 0.538. The highest BCUT2D eigenvalue weighted by molar-refractivity contribution is 5.86. The molecular weight excluding hydrogens is 440 g/mol. The van der Waals surface area contributed by atoms with Crippen LogP contribution in [0.4, 0.5) is 17.5 Å². The predicted octanol–water partition coefficient (Wildman–Crippen LogP) is 3.05. The Morgan fingerprint density at radius 3 is 2.43 bits per heavy atom. The zero-order chi connectivity index (χ0) is 24.0. The summed E-state index contributed by atoms with van der Waals surface area (Å²) in [6.07, 6.45) is 9.80. The number of hydrogen-bond donors (Lipinski definition) is 0. The molecule has 178 valence electrons. The van der Waals surface area contributed by atoms with E-state index in [1.165, 1.54) is 12.0 Å². The second-order valence-corrected chi connectivity index (χ2v) is 10.3. The van der Waals surface area contributed by atoms with Gasteiger partial charge < -0.3 is 14.7 Å². The van der Waals surface area contributed by atoms with E-state index < -0.39 is 5.41 Å². The van der Waals surface area contributed by atoms with Gasteiger partial charge in [-0.05, 0) is 50.7 Å². The third-order valence-corrected chi connectivity index (χ3v) is 8.43. The molecule has 2 saturated carbocycles. The fourth-order valence-corrected chi connectivity index (χ4v) is 6.12. The summed E-state index contributed by atoms with van der Waals surface area (Å²) in [5.41, 5.74) is 0.962. The first-order valence-corrected chi connectivity index (χ1v) is 12.5. The highest BCUT2D eigenvalue weighted by Gasteiger charge is 2.51. The van der Waals surface area contributed by atoms with Crippen molar-refractivity contribution in [3.8, 4) is 12.1 Å². The molecule has 1 spiro atoms. The molecule has 9 heteroatoms. The van der Waals surface area contributed by atoms with Crippen molar-refractivity contribution in [3.63, 3.8) is 0 Å². The predicted molar refractivity (Wildman–Crippen MR) is 129 cm³/mol. The van der Waals surface area contributed by atoms with Gasteiger partial charge in [-0.2, -0.15) is 10.5 Å². The molecule has 6 rings (SSSR count). The van der Waals surface area contributed by atoms with Crippen LogP contribution in [0, 0.1) is 28.1 Å². The molecule has 0 atom stereocenters. The highest BCUT2D eigenvalue weighted by Crippen LogP contribution is 2.56. The molecule has 0 radical (unpaired) electrons. The van der Waals surface area contributed by atoms with E-state index in [-0.39, 0.29) is 11.3 Å². The van der Waals surface area contributed by atoms with Gasteiger partial charge in [0, 0.05) is 49.9 Å². The largest absolute Gasteiger partial charge is 0.354 e. The van der Waals surface area contributed by atoms with Crippen molar-refractivity contribution in [2.45, 2.75) is 50.4 Å². The Hall–Kier alpha value is -3.72. The van der Waals surface area contributed by atoms with Crippen molar-refractivity contribution in [3.05, 3.63) is 35.8 Å². The van der Waals surface area contributed by atoms with Crippen LogP contribution in [0.25, 0.3) is 0 Å². The summed E-state index contributed by atoms with van der Waals surface area (Å²) >= 11 is 0. The fourth-order valence-electron chi connectivity index (χ4n) is 6.12. The molecule has 0 unspecified atom stereocenters. The molecule has 9 nitrogen and oxygen atoms in total. The standard InChI is InChI=1S/C26H28N8O/c27-15-19-4-9-29-20(14-19)34-17-26(7-2-8-26)21-22(30-18-31-23(21)34)32-10-3-11-33(13-12-32)24(35)25(16-28)5-1-6-25/h4,9,14,18H,1-3,5-8,10-13,17H2. The first-order valence-electron chi connectivity index (χ1n) is 12.5. The van der Waals surface area contributed by atoms with Crippen LogP contribution in [0.1, 0.15) is 56.1 Å². The van der Waals surface area contributed by atoms with Gasteiger partial charge in [-0.25, -0.2) is 15.0 Å². The maximum Gasteiger partial charge on any atom is 0.243 e. The third-order valence-electron chi connectivity index (χ3n) is 8.43. The molecule has 0 bridgehead atoms. The molecular formula is C26H28N8O. The van der Waals surface area contributed by atoms with E-state index in [0.29, 0.717) is 38.0 Å². The molecule has 1 saturated heterocycles. The molecule has 4 heterocycles. The van der Waals surface area contributed by atoms with E-state index in [1.54, 1.807) is 18.6 Å². The first-order chi connectivity index (χ1) is 17.1. The van der Waals surface area contributed by atoms with Gasteiger partial charge in [0.05, 0.1) is 17.7 Å². The van der Waals surface area contributed by atoms with Crippen molar-refractivity contribution < 1.29 is 4.79 Å². The quantitative estimate of drug-likeness (QED) is 0.675. The van der Waals surface area contributed by atoms with Crippen LogP contribution in [-0.2, 0) is 10.2 Å². The Balaban J connectivity index is 1.30. The average Bonchev–Trinajstić information content (AvgIpc) is 3.02. The maximum absolute atomic E-state index is 13.2. The van der Waals surface area contributed by atoms with E-state index in [9.17, 15) is 15.3 Å². The lowest BCUT2D eigenvalue weighted by molar-refractivity contribution is -0.142. The van der Waals surface area contributed by atoms with Gasteiger partial charge in [0.15, 0.2) is 0 Å². The zero-order valence-corrected chi connectivity index (χ0v) is 19.8. The van der Waals surface area contributed by atoms with Crippen molar-refractivity contribution >= 4 is 23.4 Å². The summed E-state index contributed by atoms with van der Waals surface area (Å²) in [6.45, 7) is 3.57. The number of anilines is 3. The minimum atomic E-state index is -0.799. The number of carbonyl (C=O) groups excluding carboxylic acids is 1. The summed E-state index contributed by atoms with van der Waals surface area (Å²) in [7, 11) is 0. The van der Waals surface area contributed by atoms with E-state index >= 15 is 0 Å². The van der Waals surface area contributed by atoms with Gasteiger partial charge in [0.25, 0.3) is 0 Å². The second-order valence-electron chi connectivity index (χ2n) is 10.3. The van der Waals surface area contributed by atoms with Crippen LogP contribution in [0.5, 0.6) is 0 Å². The number of rotatable bonds is 3. The van der Waals surface area contributed by atoms with Crippen molar-refractivity contribution in [1.29, 1.82) is 10.5 Å². The molecule has 0 aromatic carbocycles. The highest BCUT2D eigenvalue weighted by atomic mass is 16.2. The van der Waals surface area contributed by atoms with Crippen LogP contribution in [-0.4, -0.2) is 58.5 Å². The number of nitriles is 2. The summed E-state index contributed by atoms with van der Waals surface area (Å²) in [5, 5.41) is 19.0. The van der Waals surface area contributed by atoms with Gasteiger partial charge in [-0.15, -0.1) is 0 Å². The number of aromatic nitrogens is 3. The summed E-state index contributed by atoms with van der Waals surface area (Å²) in [5.74, 6) is 2.59. The summed E-state index contributed by atoms with van der Waals surface area (Å²) in [4.78, 5) is 33.5. The van der Waals surface area contributed by atoms with Gasteiger partial charge in [0.1, 0.15) is 29.2 Å². The molecule has 3 fully saturated rings. The normalized spacial score (nSPS) is 21.8. The summed E-state index contributed by atoms with van der Waals surface area (Å²) < 4.78 is 0. The molecule has 2 aromatic heterocycles. The number of hydrogen-bond acceptors (Lipinski definition) is 8. The molecule has 4 aliphatic rings. The minimum absolute atomic E-state index is 0.00510. The van der Waals surface area contributed by atoms with Crippen LogP contribution < -0.4 is 9.80 Å². The lowest BCUT2D eigenvalue weighted by Crippen LogP contribution is -2.48. The van der Waals surface area contributed by atoms with Gasteiger partial charge in [0.2, 0.25) is 5.91 Å². The Morgan fingerprint density at radius 1 is 0.943 bits per heavy atom. The van der Waals surface area contributed by atoms with E-state index in [0.717, 1.165) is 56.2 Å². The third kappa shape index (κ3) is 3.33. The molecule has 2 aliphatic carbocycles. The lowest BCUT2D eigenvalue weighted by atomic mass is 9.66. The van der Waals surface area contributed by atoms with Crippen molar-refractivity contribution in [1.82, 2.24) is 19.9 Å². The lowest BCUT2D eigenvalue weighted by Gasteiger charge is -2.40. The maximum atomic E-state index is 13.2. The average molecular weight is 469 g/mol. The van der Waals surface area contributed by atoms with E-state index in [2.05, 4.69) is 26.9 Å². The topological polar surface area (TPSA) is 113 Å². The van der Waals surface area contributed by atoms with Gasteiger partial charge in [-0.3, -0.25) is 4.79 Å². The first kappa shape index (κ1) is 21.8. The van der Waals surface area contributed by atoms with Crippen LogP contribution >= 0.6 is 0 Å². The number of carbonyl (C=O) groups is 1. The number of nitrogens with zero attached hydrogens (tertiary/aromatic N) is 8. The molecule has 2 aliphatic heterocycles. The summed E-state index contributed by atoms with van der Waals surface area (Å²) in [6, 6.07) is 8.06.